The molecule has 1 atom stereocenters. The number of benzene rings is 1. The van der Waals surface area contributed by atoms with Gasteiger partial charge in [0.1, 0.15) is 12.1 Å². The molecule has 1 amide bonds. The number of carbonyl (C=O) groups is 2. The highest BCUT2D eigenvalue weighted by Gasteiger charge is 2.44. The lowest BCUT2D eigenvalue weighted by molar-refractivity contribution is -0.136. The number of alkyl carbamates (subject to hydrolysis) is 1. The number of aliphatic carboxylic acids is 1. The molecule has 1 unspecified atom stereocenters. The Morgan fingerprint density at radius 3 is 2.41 bits per heavy atom. The highest BCUT2D eigenvalue weighted by atomic mass is 79.9. The number of hydrogen-bond acceptors (Lipinski definition) is 8. The van der Waals surface area contributed by atoms with Crippen molar-refractivity contribution in [3.05, 3.63) is 88.4 Å². The number of nitrogens with zero attached hydrogens (tertiary/aromatic N) is 2. The van der Waals surface area contributed by atoms with E-state index in [1.165, 1.54) is 24.5 Å². The van der Waals surface area contributed by atoms with Crippen LogP contribution in [0.25, 0.3) is 0 Å². The van der Waals surface area contributed by atoms with Crippen molar-refractivity contribution in [3.8, 4) is 0 Å². The maximum Gasteiger partial charge on any atom is 0.408 e. The average Bonchev–Trinajstić information content (AvgIpc) is 2.84. The van der Waals surface area contributed by atoms with E-state index in [0.717, 1.165) is 4.47 Å². The predicted octanol–water partition coefficient (Wildman–Crippen LogP) is 3.20. The van der Waals surface area contributed by atoms with E-state index in [0.29, 0.717) is 11.3 Å². The van der Waals surface area contributed by atoms with Crippen LogP contribution in [0.1, 0.15) is 30.8 Å². The molecular weight excluding hydrogens is 564 g/mol. The van der Waals surface area contributed by atoms with Crippen LogP contribution in [-0.2, 0) is 37.1 Å². The van der Waals surface area contributed by atoms with E-state index in [9.17, 15) is 18.0 Å². The number of halogens is 1. The number of nitrogens with two attached hydrogens (primary N) is 1. The van der Waals surface area contributed by atoms with Gasteiger partial charge in [-0.3, -0.25) is 14.8 Å². The fourth-order valence-electron chi connectivity index (χ4n) is 3.67. The molecule has 0 aliphatic heterocycles. The largest absolute Gasteiger partial charge is 0.480 e. The fourth-order valence-corrected chi connectivity index (χ4v) is 5.55. The van der Waals surface area contributed by atoms with Crippen LogP contribution >= 0.6 is 15.9 Å². The van der Waals surface area contributed by atoms with Gasteiger partial charge in [0.15, 0.2) is 4.87 Å². The number of pyridine rings is 2. The van der Waals surface area contributed by atoms with Crippen LogP contribution in [0.4, 0.5) is 4.79 Å². The molecule has 3 rings (SSSR count). The van der Waals surface area contributed by atoms with Gasteiger partial charge in [-0.05, 0) is 55.8 Å². The number of carboxylic acids is 1. The van der Waals surface area contributed by atoms with Crippen molar-refractivity contribution in [1.29, 1.82) is 0 Å². The maximum atomic E-state index is 13.9. The lowest BCUT2D eigenvalue weighted by atomic mass is 9.99. The number of rotatable bonds is 10. The van der Waals surface area contributed by atoms with E-state index in [4.69, 9.17) is 15.6 Å². The quantitative estimate of drug-likeness (QED) is 0.322. The molecule has 0 spiro atoms. The summed E-state index contributed by atoms with van der Waals surface area (Å²) >= 11 is 3.38. The minimum Gasteiger partial charge on any atom is -0.480 e. The Hall–Kier alpha value is -3.35. The summed E-state index contributed by atoms with van der Waals surface area (Å²) in [5, 5.41) is 10.9. The molecule has 0 aliphatic rings. The van der Waals surface area contributed by atoms with Crippen molar-refractivity contribution in [2.45, 2.75) is 42.1 Å². The van der Waals surface area contributed by atoms with Crippen molar-refractivity contribution in [2.24, 2.45) is 5.73 Å². The molecule has 0 fully saturated rings. The highest BCUT2D eigenvalue weighted by molar-refractivity contribution is 9.10. The van der Waals surface area contributed by atoms with Crippen LogP contribution in [0.2, 0.25) is 0 Å². The van der Waals surface area contributed by atoms with Crippen LogP contribution in [-0.4, -0.2) is 47.7 Å². The first-order valence-electron chi connectivity index (χ1n) is 11.2. The molecule has 10 nitrogen and oxygen atoms in total. The third-order valence-electron chi connectivity index (χ3n) is 5.40. The Bertz CT molecular complexity index is 1370. The van der Waals surface area contributed by atoms with E-state index in [2.05, 4.69) is 31.2 Å². The number of amides is 1. The fraction of sp³-hybridized carbons (Fsp3) is 0.280. The summed E-state index contributed by atoms with van der Waals surface area (Å²) in [5.41, 5.74) is 6.88. The molecule has 37 heavy (non-hydrogen) atoms. The minimum atomic E-state index is -4.17. The zero-order chi connectivity index (χ0) is 27.3. The number of carbonyl (C=O) groups excluding carboxylic acids is 1. The number of nitrogens with one attached hydrogen (secondary N) is 1. The third kappa shape index (κ3) is 7.12. The molecular formula is C25H27BrN4O6S. The summed E-state index contributed by atoms with van der Waals surface area (Å²) in [7, 11) is -4.17. The first-order chi connectivity index (χ1) is 17.3. The van der Waals surface area contributed by atoms with Crippen LogP contribution in [0.15, 0.2) is 76.4 Å². The Morgan fingerprint density at radius 2 is 1.78 bits per heavy atom. The molecule has 0 aliphatic carbocycles. The van der Waals surface area contributed by atoms with Gasteiger partial charge in [0.2, 0.25) is 9.84 Å². The lowest BCUT2D eigenvalue weighted by Gasteiger charge is -2.30. The molecule has 3 aromatic rings. The average molecular weight is 591 g/mol. The van der Waals surface area contributed by atoms with Crippen LogP contribution in [0.3, 0.4) is 0 Å². The second kappa shape index (κ2) is 11.4. The van der Waals surface area contributed by atoms with Crippen molar-refractivity contribution in [3.63, 3.8) is 0 Å². The summed E-state index contributed by atoms with van der Waals surface area (Å²) in [5.74, 6) is -1.20. The molecule has 2 heterocycles. The number of ether oxygens (including phenoxy) is 1. The summed E-state index contributed by atoms with van der Waals surface area (Å²) in [4.78, 5) is 29.2. The van der Waals surface area contributed by atoms with Gasteiger partial charge in [-0.25, -0.2) is 13.2 Å². The minimum absolute atomic E-state index is 0.0411. The van der Waals surface area contributed by atoms with Crippen molar-refractivity contribution >= 4 is 37.8 Å². The number of hydrogen-bond donors (Lipinski definition) is 3. The Morgan fingerprint density at radius 1 is 1.08 bits per heavy atom. The van der Waals surface area contributed by atoms with E-state index in [-0.39, 0.29) is 23.4 Å². The molecule has 12 heteroatoms. The van der Waals surface area contributed by atoms with Crippen molar-refractivity contribution in [2.75, 3.05) is 6.54 Å². The van der Waals surface area contributed by atoms with Gasteiger partial charge < -0.3 is 20.9 Å². The molecule has 0 bridgehead atoms. The number of carboxylic acid groups (broad SMARTS) is 1. The Balaban J connectivity index is 1.98. The van der Waals surface area contributed by atoms with Gasteiger partial charge in [-0.2, -0.15) is 0 Å². The van der Waals surface area contributed by atoms with Crippen molar-refractivity contribution in [1.82, 2.24) is 15.3 Å². The van der Waals surface area contributed by atoms with Gasteiger partial charge >= 0.3 is 12.1 Å². The SMILES string of the molecule is CC(C)(Cc1cccc(C(N)(Cc2ccc(Br)cc2)S(=O)(=O)c2cccnc2)n1)OC(=O)NCC(=O)O. The topological polar surface area (TPSA) is 162 Å². The molecule has 0 radical (unpaired) electrons. The van der Waals surface area contributed by atoms with Gasteiger partial charge in [0, 0.05) is 35.4 Å². The Labute approximate surface area is 223 Å². The summed E-state index contributed by atoms with van der Waals surface area (Å²) < 4.78 is 33.9. The maximum absolute atomic E-state index is 13.9. The summed E-state index contributed by atoms with van der Waals surface area (Å²) in [6, 6.07) is 15.0. The van der Waals surface area contributed by atoms with Gasteiger partial charge in [-0.15, -0.1) is 0 Å². The molecule has 0 saturated carbocycles. The molecule has 2 aromatic heterocycles. The van der Waals surface area contributed by atoms with Gasteiger partial charge in [0.05, 0.1) is 10.6 Å². The standard InChI is InChI=1S/C25H27BrN4O6S/c1-24(2,36-23(33)29-16-22(31)32)14-19-5-3-7-21(30-19)25(27,13-17-8-10-18(26)11-9-17)37(34,35)20-6-4-12-28-15-20/h3-12,15H,13-14,16,27H2,1-2H3,(H,29,33)(H,31,32). The molecule has 0 saturated heterocycles. The lowest BCUT2D eigenvalue weighted by Crippen LogP contribution is -2.47. The third-order valence-corrected chi connectivity index (χ3v) is 8.11. The highest BCUT2D eigenvalue weighted by Crippen LogP contribution is 2.34. The molecule has 1 aromatic carbocycles. The molecule has 196 valence electrons. The zero-order valence-corrected chi connectivity index (χ0v) is 22.6. The van der Waals surface area contributed by atoms with Crippen LogP contribution in [0, 0.1) is 0 Å². The predicted molar refractivity (Wildman–Crippen MR) is 139 cm³/mol. The molecule has 4 N–H and O–H groups in total. The van der Waals surface area contributed by atoms with E-state index >= 15 is 0 Å². The smallest absolute Gasteiger partial charge is 0.408 e. The van der Waals surface area contributed by atoms with Gasteiger partial charge in [-0.1, -0.05) is 34.1 Å². The normalized spacial score (nSPS) is 13.4. The monoisotopic (exact) mass is 590 g/mol. The van der Waals surface area contributed by atoms with Crippen LogP contribution in [0.5, 0.6) is 0 Å². The van der Waals surface area contributed by atoms with Gasteiger partial charge in [0.25, 0.3) is 0 Å². The van der Waals surface area contributed by atoms with E-state index < -0.39 is 38.9 Å². The summed E-state index contributed by atoms with van der Waals surface area (Å²) in [6.45, 7) is 2.68. The number of sulfone groups is 1. The van der Waals surface area contributed by atoms with E-state index in [1.807, 2.05) is 0 Å². The second-order valence-electron chi connectivity index (χ2n) is 8.97. The van der Waals surface area contributed by atoms with Crippen LogP contribution < -0.4 is 11.1 Å². The first kappa shape index (κ1) is 28.2. The van der Waals surface area contributed by atoms with Crippen molar-refractivity contribution < 1.29 is 27.9 Å². The van der Waals surface area contributed by atoms with E-state index in [1.54, 1.807) is 56.3 Å². The Kier molecular flexibility index (Phi) is 8.67. The second-order valence-corrected chi connectivity index (χ2v) is 12.1. The summed E-state index contributed by atoms with van der Waals surface area (Å²) in [6.07, 6.45) is 1.87. The zero-order valence-electron chi connectivity index (χ0n) is 20.2. The first-order valence-corrected chi connectivity index (χ1v) is 13.4. The number of aromatic nitrogens is 2.